The summed E-state index contributed by atoms with van der Waals surface area (Å²) in [6, 6.07) is 7.19. The molecule has 0 aliphatic heterocycles. The summed E-state index contributed by atoms with van der Waals surface area (Å²) in [6.07, 6.45) is 6.12. The second kappa shape index (κ2) is 8.98. The Hall–Kier alpha value is -1.02. The van der Waals surface area contributed by atoms with Gasteiger partial charge in [0.05, 0.1) is 7.11 Å². The van der Waals surface area contributed by atoms with Gasteiger partial charge in [0.2, 0.25) is 0 Å². The van der Waals surface area contributed by atoms with E-state index in [0.29, 0.717) is 12.0 Å². The van der Waals surface area contributed by atoms with Crippen molar-refractivity contribution in [3.8, 4) is 5.75 Å². The van der Waals surface area contributed by atoms with Crippen LogP contribution in [0.2, 0.25) is 0 Å². The molecule has 0 fully saturated rings. The van der Waals surface area contributed by atoms with Crippen LogP contribution in [0.5, 0.6) is 5.75 Å². The Kier molecular flexibility index (Phi) is 7.57. The van der Waals surface area contributed by atoms with Crippen LogP contribution in [0.1, 0.15) is 55.8 Å². The van der Waals surface area contributed by atoms with E-state index in [1.165, 1.54) is 19.3 Å². The number of methoxy groups -OCH3 is 1. The van der Waals surface area contributed by atoms with E-state index in [4.69, 9.17) is 16.3 Å². The number of carbonyl (C=O) groups is 1. The summed E-state index contributed by atoms with van der Waals surface area (Å²) in [5.41, 5.74) is 0.708. The molecule has 0 amide bonds. The number of halogens is 1. The highest BCUT2D eigenvalue weighted by molar-refractivity contribution is 6.22. The van der Waals surface area contributed by atoms with E-state index >= 15 is 0 Å². The van der Waals surface area contributed by atoms with Crippen LogP contribution in [-0.2, 0) is 0 Å². The lowest BCUT2D eigenvalue weighted by molar-refractivity contribution is 0.0980. The summed E-state index contributed by atoms with van der Waals surface area (Å²) in [6.45, 7) is 2.19. The van der Waals surface area contributed by atoms with Gasteiger partial charge >= 0.3 is 0 Å². The van der Waals surface area contributed by atoms with Crippen molar-refractivity contribution in [2.24, 2.45) is 0 Å². The van der Waals surface area contributed by atoms with Crippen LogP contribution in [0.25, 0.3) is 0 Å². The van der Waals surface area contributed by atoms with Crippen molar-refractivity contribution in [3.05, 3.63) is 29.8 Å². The van der Waals surface area contributed by atoms with Crippen LogP contribution in [0, 0.1) is 0 Å². The average Bonchev–Trinajstić information content (AvgIpc) is 2.43. The number of hydrogen-bond acceptors (Lipinski definition) is 2. The summed E-state index contributed by atoms with van der Waals surface area (Å²) in [5.74, 6) is 0.872. The minimum atomic E-state index is -0.0496. The lowest BCUT2D eigenvalue weighted by Crippen LogP contribution is -2.08. The van der Waals surface area contributed by atoms with Crippen molar-refractivity contribution >= 4 is 17.4 Å². The van der Waals surface area contributed by atoms with E-state index in [1.807, 2.05) is 0 Å². The van der Waals surface area contributed by atoms with Crippen LogP contribution in [-0.4, -0.2) is 18.3 Å². The first-order chi connectivity index (χ1) is 9.17. The van der Waals surface area contributed by atoms with Crippen LogP contribution in [0.15, 0.2) is 24.3 Å². The smallest absolute Gasteiger partial charge is 0.164 e. The molecule has 2 nitrogen and oxygen atoms in total. The zero-order valence-corrected chi connectivity index (χ0v) is 12.6. The predicted molar refractivity (Wildman–Crippen MR) is 80.3 cm³/mol. The largest absolute Gasteiger partial charge is 0.497 e. The number of ketones is 1. The topological polar surface area (TPSA) is 26.3 Å². The first-order valence-electron chi connectivity index (χ1n) is 6.98. The molecule has 0 saturated heterocycles. The summed E-state index contributed by atoms with van der Waals surface area (Å²) in [7, 11) is 1.61. The molecule has 0 radical (unpaired) electrons. The number of benzene rings is 1. The Labute approximate surface area is 121 Å². The number of ether oxygens (including phenoxy) is 1. The van der Waals surface area contributed by atoms with Crippen LogP contribution in [0.4, 0.5) is 0 Å². The SMILES string of the molecule is CCCCCCC(Cl)CC(=O)c1ccc(OC)cc1. The molecule has 0 aliphatic rings. The number of hydrogen-bond donors (Lipinski definition) is 0. The van der Waals surface area contributed by atoms with Gasteiger partial charge in [-0.1, -0.05) is 32.6 Å². The normalized spacial score (nSPS) is 12.2. The van der Waals surface area contributed by atoms with E-state index in [0.717, 1.165) is 18.6 Å². The molecule has 0 aliphatic carbocycles. The van der Waals surface area contributed by atoms with Crippen molar-refractivity contribution < 1.29 is 9.53 Å². The minimum Gasteiger partial charge on any atom is -0.497 e. The second-order valence-electron chi connectivity index (χ2n) is 4.80. The highest BCUT2D eigenvalue weighted by Crippen LogP contribution is 2.18. The maximum atomic E-state index is 12.0. The highest BCUT2D eigenvalue weighted by atomic mass is 35.5. The lowest BCUT2D eigenvalue weighted by atomic mass is 10.0. The van der Waals surface area contributed by atoms with Gasteiger partial charge in [0.25, 0.3) is 0 Å². The predicted octanol–water partition coefficient (Wildman–Crippen LogP) is 4.85. The first kappa shape index (κ1) is 16.0. The summed E-state index contributed by atoms with van der Waals surface area (Å²) >= 11 is 6.22. The Balaban J connectivity index is 2.36. The molecule has 0 spiro atoms. The summed E-state index contributed by atoms with van der Waals surface area (Å²) < 4.78 is 5.07. The van der Waals surface area contributed by atoms with Gasteiger partial charge in [-0.2, -0.15) is 0 Å². The van der Waals surface area contributed by atoms with Crippen molar-refractivity contribution in [3.63, 3.8) is 0 Å². The van der Waals surface area contributed by atoms with Gasteiger partial charge in [-0.15, -0.1) is 11.6 Å². The van der Waals surface area contributed by atoms with Crippen LogP contribution < -0.4 is 4.74 Å². The average molecular weight is 283 g/mol. The van der Waals surface area contributed by atoms with Crippen molar-refractivity contribution in [2.75, 3.05) is 7.11 Å². The summed E-state index contributed by atoms with van der Waals surface area (Å²) in [5, 5.41) is -0.0496. The standard InChI is InChI=1S/C16H23ClO2/c1-3-4-5-6-7-14(17)12-16(18)13-8-10-15(19-2)11-9-13/h8-11,14H,3-7,12H2,1-2H3. The molecule has 0 saturated carbocycles. The molecule has 106 valence electrons. The molecule has 1 atom stereocenters. The molecule has 0 aromatic heterocycles. The van der Waals surface area contributed by atoms with E-state index < -0.39 is 0 Å². The monoisotopic (exact) mass is 282 g/mol. The fraction of sp³-hybridized carbons (Fsp3) is 0.562. The van der Waals surface area contributed by atoms with Crippen molar-refractivity contribution in [1.82, 2.24) is 0 Å². The summed E-state index contributed by atoms with van der Waals surface area (Å²) in [4.78, 5) is 12.0. The fourth-order valence-electron chi connectivity index (χ4n) is 1.99. The third-order valence-electron chi connectivity index (χ3n) is 3.19. The Bertz CT molecular complexity index is 373. The lowest BCUT2D eigenvalue weighted by Gasteiger charge is -2.09. The molecular weight excluding hydrogens is 260 g/mol. The van der Waals surface area contributed by atoms with Gasteiger partial charge in [-0.3, -0.25) is 4.79 Å². The number of unbranched alkanes of at least 4 members (excludes halogenated alkanes) is 3. The molecular formula is C16H23ClO2. The zero-order valence-electron chi connectivity index (χ0n) is 11.8. The van der Waals surface area contributed by atoms with E-state index in [2.05, 4.69) is 6.92 Å². The minimum absolute atomic E-state index is 0.0496. The molecule has 0 N–H and O–H groups in total. The molecule has 19 heavy (non-hydrogen) atoms. The van der Waals surface area contributed by atoms with Gasteiger partial charge in [-0.05, 0) is 30.7 Å². The first-order valence-corrected chi connectivity index (χ1v) is 7.42. The zero-order chi connectivity index (χ0) is 14.1. The molecule has 1 aromatic rings. The number of Topliss-reactive ketones (excluding diaryl/α,β-unsaturated/α-hetero) is 1. The number of rotatable bonds is 9. The second-order valence-corrected chi connectivity index (χ2v) is 5.42. The van der Waals surface area contributed by atoms with Crippen molar-refractivity contribution in [2.45, 2.75) is 50.8 Å². The fourth-order valence-corrected chi connectivity index (χ4v) is 2.29. The Morgan fingerprint density at radius 1 is 1.21 bits per heavy atom. The molecule has 0 heterocycles. The molecule has 3 heteroatoms. The van der Waals surface area contributed by atoms with Gasteiger partial charge < -0.3 is 4.74 Å². The quantitative estimate of drug-likeness (QED) is 0.368. The van der Waals surface area contributed by atoms with Crippen LogP contribution in [0.3, 0.4) is 0 Å². The molecule has 1 rings (SSSR count). The van der Waals surface area contributed by atoms with E-state index in [1.54, 1.807) is 31.4 Å². The van der Waals surface area contributed by atoms with Gasteiger partial charge in [0.15, 0.2) is 5.78 Å². The molecule has 1 unspecified atom stereocenters. The maximum absolute atomic E-state index is 12.0. The molecule has 0 bridgehead atoms. The maximum Gasteiger partial charge on any atom is 0.164 e. The highest BCUT2D eigenvalue weighted by Gasteiger charge is 2.12. The van der Waals surface area contributed by atoms with E-state index in [-0.39, 0.29) is 11.2 Å². The van der Waals surface area contributed by atoms with E-state index in [9.17, 15) is 4.79 Å². The Morgan fingerprint density at radius 3 is 2.47 bits per heavy atom. The molecule has 1 aromatic carbocycles. The van der Waals surface area contributed by atoms with Crippen LogP contribution >= 0.6 is 11.6 Å². The van der Waals surface area contributed by atoms with Crippen molar-refractivity contribution in [1.29, 1.82) is 0 Å². The Morgan fingerprint density at radius 2 is 1.89 bits per heavy atom. The number of carbonyl (C=O) groups excluding carboxylic acids is 1. The van der Waals surface area contributed by atoms with Gasteiger partial charge in [0.1, 0.15) is 5.75 Å². The third-order valence-corrected chi connectivity index (χ3v) is 3.56. The van der Waals surface area contributed by atoms with Gasteiger partial charge in [0, 0.05) is 17.4 Å². The number of alkyl halides is 1. The third kappa shape index (κ3) is 6.11. The van der Waals surface area contributed by atoms with Gasteiger partial charge in [-0.25, -0.2) is 0 Å².